The van der Waals surface area contributed by atoms with Crippen LogP contribution in [0.3, 0.4) is 0 Å². The van der Waals surface area contributed by atoms with Crippen LogP contribution in [0.2, 0.25) is 0 Å². The van der Waals surface area contributed by atoms with Crippen molar-refractivity contribution in [2.24, 2.45) is 0 Å². The molecule has 108 valence electrons. The van der Waals surface area contributed by atoms with Crippen LogP contribution < -0.4 is 10.6 Å². The number of hydrogen-bond donors (Lipinski definition) is 2. The molecule has 1 aliphatic rings. The van der Waals surface area contributed by atoms with E-state index >= 15 is 0 Å². The van der Waals surface area contributed by atoms with Crippen LogP contribution in [-0.4, -0.2) is 30.1 Å². The van der Waals surface area contributed by atoms with E-state index in [2.05, 4.69) is 20.4 Å². The molecule has 20 heavy (non-hydrogen) atoms. The van der Waals surface area contributed by atoms with Crippen LogP contribution in [-0.2, 0) is 4.74 Å². The Balaban J connectivity index is 1.85. The smallest absolute Gasteiger partial charge is 0.339 e. The van der Waals surface area contributed by atoms with Crippen molar-refractivity contribution in [2.45, 2.75) is 38.1 Å². The highest BCUT2D eigenvalue weighted by Crippen LogP contribution is 2.17. The third kappa shape index (κ3) is 3.94. The molecule has 1 fully saturated rings. The molecule has 1 heterocycles. The summed E-state index contributed by atoms with van der Waals surface area (Å²) in [6.07, 6.45) is 7.01. The molecule has 1 aromatic rings. The minimum atomic E-state index is -0.448. The Morgan fingerprint density at radius 2 is 2.00 bits per heavy atom. The number of pyridine rings is 1. The number of rotatable bonds is 3. The molecule has 0 aliphatic heterocycles. The number of esters is 1. The summed E-state index contributed by atoms with van der Waals surface area (Å²) in [6.45, 7) is 0. The SMILES string of the molecule is COC(=O)c1ccc(NC(=O)NC2CCCCC2)nc1. The van der Waals surface area contributed by atoms with E-state index in [0.29, 0.717) is 11.4 Å². The highest BCUT2D eigenvalue weighted by Gasteiger charge is 2.15. The molecule has 0 aromatic carbocycles. The fraction of sp³-hybridized carbons (Fsp3) is 0.500. The lowest BCUT2D eigenvalue weighted by Crippen LogP contribution is -2.39. The molecule has 0 radical (unpaired) electrons. The van der Waals surface area contributed by atoms with Gasteiger partial charge in [-0.2, -0.15) is 0 Å². The van der Waals surface area contributed by atoms with Crippen LogP contribution in [0.25, 0.3) is 0 Å². The van der Waals surface area contributed by atoms with E-state index in [9.17, 15) is 9.59 Å². The summed E-state index contributed by atoms with van der Waals surface area (Å²) in [5.74, 6) is -0.0401. The molecule has 2 rings (SSSR count). The second kappa shape index (κ2) is 6.88. The lowest BCUT2D eigenvalue weighted by molar-refractivity contribution is 0.0600. The quantitative estimate of drug-likeness (QED) is 0.831. The first-order valence-corrected chi connectivity index (χ1v) is 6.81. The molecule has 6 heteroatoms. The van der Waals surface area contributed by atoms with Crippen molar-refractivity contribution in [1.82, 2.24) is 10.3 Å². The number of nitrogens with one attached hydrogen (secondary N) is 2. The molecule has 2 amide bonds. The Morgan fingerprint density at radius 1 is 1.25 bits per heavy atom. The van der Waals surface area contributed by atoms with Gasteiger partial charge in [0.05, 0.1) is 12.7 Å². The Hall–Kier alpha value is -2.11. The maximum Gasteiger partial charge on any atom is 0.339 e. The van der Waals surface area contributed by atoms with Crippen LogP contribution in [0.4, 0.5) is 10.6 Å². The van der Waals surface area contributed by atoms with Gasteiger partial charge in [-0.15, -0.1) is 0 Å². The number of carbonyl (C=O) groups excluding carboxylic acids is 2. The maximum absolute atomic E-state index is 11.8. The zero-order chi connectivity index (χ0) is 14.4. The molecular weight excluding hydrogens is 258 g/mol. The van der Waals surface area contributed by atoms with Crippen molar-refractivity contribution < 1.29 is 14.3 Å². The van der Waals surface area contributed by atoms with E-state index in [4.69, 9.17) is 0 Å². The summed E-state index contributed by atoms with van der Waals surface area (Å²) in [5, 5.41) is 5.59. The first kappa shape index (κ1) is 14.3. The summed E-state index contributed by atoms with van der Waals surface area (Å²) in [5.41, 5.74) is 0.353. The molecule has 2 N–H and O–H groups in total. The number of nitrogens with zero attached hydrogens (tertiary/aromatic N) is 1. The number of methoxy groups -OCH3 is 1. The van der Waals surface area contributed by atoms with E-state index in [1.54, 1.807) is 12.1 Å². The minimum absolute atomic E-state index is 0.248. The van der Waals surface area contributed by atoms with Gasteiger partial charge >= 0.3 is 12.0 Å². The van der Waals surface area contributed by atoms with Crippen molar-refractivity contribution in [3.05, 3.63) is 23.9 Å². The summed E-state index contributed by atoms with van der Waals surface area (Å²) in [4.78, 5) is 27.1. The average molecular weight is 277 g/mol. The number of urea groups is 1. The first-order chi connectivity index (χ1) is 9.69. The minimum Gasteiger partial charge on any atom is -0.465 e. The molecule has 6 nitrogen and oxygen atoms in total. The van der Waals surface area contributed by atoms with Gasteiger partial charge < -0.3 is 10.1 Å². The molecule has 1 saturated carbocycles. The van der Waals surface area contributed by atoms with Crippen LogP contribution in [0.5, 0.6) is 0 Å². The number of amides is 2. The maximum atomic E-state index is 11.8. The van der Waals surface area contributed by atoms with Gasteiger partial charge in [-0.05, 0) is 25.0 Å². The number of aromatic nitrogens is 1. The predicted octanol–water partition coefficient (Wildman–Crippen LogP) is 2.32. The van der Waals surface area contributed by atoms with Crippen LogP contribution >= 0.6 is 0 Å². The molecular formula is C14H19N3O3. The molecule has 0 saturated heterocycles. The van der Waals surface area contributed by atoms with Crippen LogP contribution in [0.15, 0.2) is 18.3 Å². The lowest BCUT2D eigenvalue weighted by atomic mass is 9.96. The molecule has 0 unspecified atom stereocenters. The van der Waals surface area contributed by atoms with Gasteiger partial charge in [0.2, 0.25) is 0 Å². The Morgan fingerprint density at radius 3 is 2.60 bits per heavy atom. The van der Waals surface area contributed by atoms with E-state index < -0.39 is 5.97 Å². The zero-order valence-corrected chi connectivity index (χ0v) is 11.5. The third-order valence-corrected chi connectivity index (χ3v) is 3.37. The van der Waals surface area contributed by atoms with Gasteiger partial charge in [-0.3, -0.25) is 5.32 Å². The summed E-state index contributed by atoms with van der Waals surface area (Å²) in [6, 6.07) is 3.13. The van der Waals surface area contributed by atoms with E-state index in [1.807, 2.05) is 0 Å². The number of anilines is 1. The number of ether oxygens (including phenoxy) is 1. The first-order valence-electron chi connectivity index (χ1n) is 6.81. The van der Waals surface area contributed by atoms with Gasteiger partial charge in [0.25, 0.3) is 0 Å². The van der Waals surface area contributed by atoms with E-state index in [1.165, 1.54) is 19.7 Å². The predicted molar refractivity (Wildman–Crippen MR) is 74.6 cm³/mol. The molecule has 1 aromatic heterocycles. The van der Waals surface area contributed by atoms with Gasteiger partial charge in [-0.1, -0.05) is 19.3 Å². The zero-order valence-electron chi connectivity index (χ0n) is 11.5. The Kier molecular flexibility index (Phi) is 4.92. The number of hydrogen-bond acceptors (Lipinski definition) is 4. The highest BCUT2D eigenvalue weighted by molar-refractivity contribution is 5.91. The second-order valence-electron chi connectivity index (χ2n) is 4.86. The fourth-order valence-electron chi connectivity index (χ4n) is 2.29. The van der Waals surface area contributed by atoms with Gasteiger partial charge in [0.1, 0.15) is 5.82 Å². The summed E-state index contributed by atoms with van der Waals surface area (Å²) < 4.78 is 4.58. The van der Waals surface area contributed by atoms with Crippen molar-refractivity contribution in [2.75, 3.05) is 12.4 Å². The van der Waals surface area contributed by atoms with E-state index in [-0.39, 0.29) is 12.1 Å². The molecule has 1 aliphatic carbocycles. The second-order valence-corrected chi connectivity index (χ2v) is 4.86. The average Bonchev–Trinajstić information content (AvgIpc) is 2.48. The molecule has 0 bridgehead atoms. The summed E-state index contributed by atoms with van der Waals surface area (Å²) >= 11 is 0. The fourth-order valence-corrected chi connectivity index (χ4v) is 2.29. The standard InChI is InChI=1S/C14H19N3O3/c1-20-13(18)10-7-8-12(15-9-10)17-14(19)16-11-5-3-2-4-6-11/h7-9,11H,2-6H2,1H3,(H2,15,16,17,19). The van der Waals surface area contributed by atoms with Crippen molar-refractivity contribution in [1.29, 1.82) is 0 Å². The topological polar surface area (TPSA) is 80.3 Å². The monoisotopic (exact) mass is 277 g/mol. The van der Waals surface area contributed by atoms with Gasteiger partial charge in [0.15, 0.2) is 0 Å². The molecule has 0 spiro atoms. The van der Waals surface area contributed by atoms with Crippen LogP contribution in [0, 0.1) is 0 Å². The lowest BCUT2D eigenvalue weighted by Gasteiger charge is -2.22. The van der Waals surface area contributed by atoms with E-state index in [0.717, 1.165) is 25.7 Å². The Bertz CT molecular complexity index is 467. The van der Waals surface area contributed by atoms with Gasteiger partial charge in [-0.25, -0.2) is 14.6 Å². The van der Waals surface area contributed by atoms with Crippen molar-refractivity contribution in [3.8, 4) is 0 Å². The highest BCUT2D eigenvalue weighted by atomic mass is 16.5. The summed E-state index contributed by atoms with van der Waals surface area (Å²) in [7, 11) is 1.31. The largest absolute Gasteiger partial charge is 0.465 e. The van der Waals surface area contributed by atoms with Crippen molar-refractivity contribution >= 4 is 17.8 Å². The normalized spacial score (nSPS) is 15.4. The van der Waals surface area contributed by atoms with Gasteiger partial charge in [0, 0.05) is 12.2 Å². The number of carbonyl (C=O) groups is 2. The molecule has 0 atom stereocenters. The third-order valence-electron chi connectivity index (χ3n) is 3.37. The Labute approximate surface area is 117 Å². The van der Waals surface area contributed by atoms with Crippen molar-refractivity contribution in [3.63, 3.8) is 0 Å². The van der Waals surface area contributed by atoms with Crippen LogP contribution in [0.1, 0.15) is 42.5 Å².